The summed E-state index contributed by atoms with van der Waals surface area (Å²) in [6.45, 7) is 7.50. The van der Waals surface area contributed by atoms with Gasteiger partial charge in [0.25, 0.3) is 0 Å². The molecule has 3 aromatic rings. The molecular formula is C38H45N3O7. The monoisotopic (exact) mass is 655 g/mol. The standard InChI is InChI=1S/C38H45N3O7/c1-3-14-32(25-35(43)41(22-23-42)26-30-18-10-6-11-19-30)36(44)39-33(24-29-16-8-5-9-17-29)28-47-37(45)34(15-4-2)40-38(46)48-27-31-20-12-7-13-21-31/h3-13,16-21,32-34,42H,1-2,14-15,22-28H2,(H,39,44)(H,40,46). The first kappa shape index (κ1) is 37.2. The van der Waals surface area contributed by atoms with Gasteiger partial charge in [-0.15, -0.1) is 13.2 Å². The summed E-state index contributed by atoms with van der Waals surface area (Å²) in [6, 6.07) is 26.3. The highest BCUT2D eigenvalue weighted by Crippen LogP contribution is 2.16. The first-order valence-electron chi connectivity index (χ1n) is 15.9. The summed E-state index contributed by atoms with van der Waals surface area (Å²) in [5.41, 5.74) is 2.60. The predicted molar refractivity (Wildman–Crippen MR) is 183 cm³/mol. The SMILES string of the molecule is C=CCC(CC(=O)N(CCO)Cc1ccccc1)C(=O)NC(COC(=O)C(CC=C)NC(=O)OCc1ccccc1)Cc1ccccc1. The van der Waals surface area contributed by atoms with Crippen LogP contribution in [0, 0.1) is 5.92 Å². The van der Waals surface area contributed by atoms with Gasteiger partial charge in [0.1, 0.15) is 19.3 Å². The van der Waals surface area contributed by atoms with Crippen LogP contribution in [0.5, 0.6) is 0 Å². The van der Waals surface area contributed by atoms with E-state index in [1.807, 2.05) is 91.0 Å². The Labute approximate surface area is 282 Å². The molecule has 0 spiro atoms. The Morgan fingerprint density at radius 3 is 1.94 bits per heavy atom. The number of amides is 3. The molecule has 0 radical (unpaired) electrons. The fraction of sp³-hybridized carbons (Fsp3) is 0.316. The molecule has 48 heavy (non-hydrogen) atoms. The highest BCUT2D eigenvalue weighted by Gasteiger charge is 2.28. The smallest absolute Gasteiger partial charge is 0.408 e. The van der Waals surface area contributed by atoms with Crippen LogP contribution in [0.25, 0.3) is 0 Å². The minimum absolute atomic E-state index is 0.0338. The first-order chi connectivity index (χ1) is 23.3. The number of nitrogens with one attached hydrogen (secondary N) is 2. The summed E-state index contributed by atoms with van der Waals surface area (Å²) in [5, 5.41) is 15.1. The summed E-state index contributed by atoms with van der Waals surface area (Å²) in [7, 11) is 0. The summed E-state index contributed by atoms with van der Waals surface area (Å²) in [4.78, 5) is 54.1. The van der Waals surface area contributed by atoms with Crippen molar-refractivity contribution in [1.29, 1.82) is 0 Å². The molecule has 0 aliphatic heterocycles. The maximum Gasteiger partial charge on any atom is 0.408 e. The van der Waals surface area contributed by atoms with Crippen molar-refractivity contribution in [2.75, 3.05) is 19.8 Å². The van der Waals surface area contributed by atoms with E-state index in [9.17, 15) is 24.3 Å². The summed E-state index contributed by atoms with van der Waals surface area (Å²) >= 11 is 0. The van der Waals surface area contributed by atoms with E-state index in [0.29, 0.717) is 13.0 Å². The first-order valence-corrected chi connectivity index (χ1v) is 15.9. The van der Waals surface area contributed by atoms with Gasteiger partial charge in [-0.25, -0.2) is 9.59 Å². The number of esters is 1. The van der Waals surface area contributed by atoms with Crippen molar-refractivity contribution in [3.05, 3.63) is 133 Å². The van der Waals surface area contributed by atoms with Crippen molar-refractivity contribution < 1.29 is 33.8 Å². The summed E-state index contributed by atoms with van der Waals surface area (Å²) < 4.78 is 10.9. The molecule has 3 N–H and O–H groups in total. The second kappa shape index (κ2) is 20.8. The maximum atomic E-state index is 13.6. The molecule has 254 valence electrons. The number of alkyl carbamates (subject to hydrolysis) is 1. The van der Waals surface area contributed by atoms with E-state index in [0.717, 1.165) is 16.7 Å². The highest BCUT2D eigenvalue weighted by molar-refractivity contribution is 5.86. The van der Waals surface area contributed by atoms with E-state index in [4.69, 9.17) is 9.47 Å². The van der Waals surface area contributed by atoms with Crippen molar-refractivity contribution in [3.8, 4) is 0 Å². The molecule has 3 unspecified atom stereocenters. The molecule has 0 saturated heterocycles. The minimum atomic E-state index is -1.05. The topological polar surface area (TPSA) is 134 Å². The molecule has 0 aliphatic rings. The van der Waals surface area contributed by atoms with Crippen molar-refractivity contribution in [3.63, 3.8) is 0 Å². The lowest BCUT2D eigenvalue weighted by molar-refractivity contribution is -0.147. The number of benzene rings is 3. The largest absolute Gasteiger partial charge is 0.462 e. The number of hydrogen-bond donors (Lipinski definition) is 3. The number of rotatable bonds is 20. The average molecular weight is 656 g/mol. The summed E-state index contributed by atoms with van der Waals surface area (Å²) in [6.07, 6.45) is 2.88. The molecule has 0 heterocycles. The molecule has 0 aromatic heterocycles. The Bertz CT molecular complexity index is 1450. The van der Waals surface area contributed by atoms with Crippen LogP contribution in [0.4, 0.5) is 4.79 Å². The molecule has 3 rings (SSSR count). The Kier molecular flexibility index (Phi) is 16.1. The third kappa shape index (κ3) is 13.3. The van der Waals surface area contributed by atoms with Crippen molar-refractivity contribution in [1.82, 2.24) is 15.5 Å². The normalized spacial score (nSPS) is 12.4. The number of aliphatic hydroxyl groups excluding tert-OH is 1. The number of carbonyl (C=O) groups excluding carboxylic acids is 4. The zero-order valence-corrected chi connectivity index (χ0v) is 27.2. The maximum absolute atomic E-state index is 13.6. The summed E-state index contributed by atoms with van der Waals surface area (Å²) in [5.74, 6) is -2.12. The molecule has 3 aromatic carbocycles. The van der Waals surface area contributed by atoms with Crippen molar-refractivity contribution >= 4 is 23.9 Å². The Hall–Kier alpha value is -5.22. The van der Waals surface area contributed by atoms with Crippen LogP contribution in [0.15, 0.2) is 116 Å². The van der Waals surface area contributed by atoms with Crippen molar-refractivity contribution in [2.24, 2.45) is 5.92 Å². The zero-order chi connectivity index (χ0) is 34.6. The van der Waals surface area contributed by atoms with Crippen LogP contribution in [-0.2, 0) is 43.4 Å². The van der Waals surface area contributed by atoms with Crippen LogP contribution < -0.4 is 10.6 Å². The Morgan fingerprint density at radius 1 is 0.771 bits per heavy atom. The van der Waals surface area contributed by atoms with Gasteiger partial charge in [-0.1, -0.05) is 103 Å². The van der Waals surface area contributed by atoms with Crippen LogP contribution in [-0.4, -0.2) is 65.7 Å². The van der Waals surface area contributed by atoms with Gasteiger partial charge in [0.05, 0.1) is 18.6 Å². The molecule has 3 amide bonds. The van der Waals surface area contributed by atoms with Gasteiger partial charge < -0.3 is 30.1 Å². The Morgan fingerprint density at radius 2 is 1.35 bits per heavy atom. The number of hydrogen-bond acceptors (Lipinski definition) is 7. The molecule has 3 atom stereocenters. The molecule has 0 saturated carbocycles. The minimum Gasteiger partial charge on any atom is -0.462 e. The van der Waals surface area contributed by atoms with Crippen molar-refractivity contribution in [2.45, 2.75) is 50.9 Å². The number of nitrogens with zero attached hydrogens (tertiary/aromatic N) is 1. The predicted octanol–water partition coefficient (Wildman–Crippen LogP) is 4.73. The average Bonchev–Trinajstić information content (AvgIpc) is 3.10. The third-order valence-corrected chi connectivity index (χ3v) is 7.47. The molecule has 0 aliphatic carbocycles. The second-order valence-corrected chi connectivity index (χ2v) is 11.3. The lowest BCUT2D eigenvalue weighted by atomic mass is 9.98. The molecule has 10 nitrogen and oxygen atoms in total. The van der Waals surface area contributed by atoms with E-state index in [1.165, 1.54) is 11.0 Å². The molecule has 0 bridgehead atoms. The molecular weight excluding hydrogens is 610 g/mol. The van der Waals surface area contributed by atoms with E-state index in [-0.39, 0.29) is 51.5 Å². The number of carbonyl (C=O) groups is 4. The van der Waals surface area contributed by atoms with Gasteiger partial charge >= 0.3 is 12.1 Å². The van der Waals surface area contributed by atoms with E-state index >= 15 is 0 Å². The highest BCUT2D eigenvalue weighted by atomic mass is 16.6. The van der Waals surface area contributed by atoms with Gasteiger partial charge in [0.15, 0.2) is 0 Å². The number of allylic oxidation sites excluding steroid dienone is 1. The van der Waals surface area contributed by atoms with Crippen LogP contribution >= 0.6 is 0 Å². The quantitative estimate of drug-likeness (QED) is 0.118. The van der Waals surface area contributed by atoms with Gasteiger partial charge in [-0.3, -0.25) is 9.59 Å². The van der Waals surface area contributed by atoms with E-state index in [1.54, 1.807) is 6.08 Å². The van der Waals surface area contributed by atoms with Crippen LogP contribution in [0.3, 0.4) is 0 Å². The van der Waals surface area contributed by atoms with Gasteiger partial charge in [-0.2, -0.15) is 0 Å². The molecule has 0 fully saturated rings. The fourth-order valence-corrected chi connectivity index (χ4v) is 4.98. The fourth-order valence-electron chi connectivity index (χ4n) is 4.98. The number of ether oxygens (including phenoxy) is 2. The second-order valence-electron chi connectivity index (χ2n) is 11.3. The van der Waals surface area contributed by atoms with Crippen LogP contribution in [0.2, 0.25) is 0 Å². The van der Waals surface area contributed by atoms with Gasteiger partial charge in [0, 0.05) is 19.5 Å². The third-order valence-electron chi connectivity index (χ3n) is 7.47. The van der Waals surface area contributed by atoms with Gasteiger partial charge in [-0.05, 0) is 36.0 Å². The Balaban J connectivity index is 1.66. The number of aliphatic hydroxyl groups is 1. The van der Waals surface area contributed by atoms with Crippen LogP contribution in [0.1, 0.15) is 36.0 Å². The lowest BCUT2D eigenvalue weighted by Crippen LogP contribution is -2.46. The van der Waals surface area contributed by atoms with E-state index in [2.05, 4.69) is 23.8 Å². The zero-order valence-electron chi connectivity index (χ0n) is 27.2. The lowest BCUT2D eigenvalue weighted by Gasteiger charge is -2.26. The van der Waals surface area contributed by atoms with E-state index < -0.39 is 36.0 Å². The molecule has 10 heteroatoms. The van der Waals surface area contributed by atoms with Gasteiger partial charge in [0.2, 0.25) is 11.8 Å².